The van der Waals surface area contributed by atoms with E-state index >= 15 is 0 Å². The van der Waals surface area contributed by atoms with Crippen molar-refractivity contribution in [2.24, 2.45) is 5.92 Å². The van der Waals surface area contributed by atoms with E-state index in [-0.39, 0.29) is 22.9 Å². The molecular formula is C18H30N2O3S. The minimum absolute atomic E-state index is 0.0929. The lowest BCUT2D eigenvalue weighted by atomic mass is 10.0. The number of nitrogens with zero attached hydrogens (tertiary/aromatic N) is 1. The molecule has 5 nitrogen and oxygen atoms in total. The highest BCUT2D eigenvalue weighted by molar-refractivity contribution is 7.89. The highest BCUT2D eigenvalue weighted by Crippen LogP contribution is 2.17. The fraction of sp³-hybridized carbons (Fsp3) is 0.611. The fourth-order valence-corrected chi connectivity index (χ4v) is 3.55. The van der Waals surface area contributed by atoms with Crippen molar-refractivity contribution in [3.8, 4) is 0 Å². The topological polar surface area (TPSA) is 66.5 Å². The van der Waals surface area contributed by atoms with Gasteiger partial charge >= 0.3 is 0 Å². The number of hydrogen-bond donors (Lipinski definition) is 1. The van der Waals surface area contributed by atoms with E-state index < -0.39 is 10.0 Å². The Kier molecular flexibility index (Phi) is 7.42. The van der Waals surface area contributed by atoms with Crippen LogP contribution >= 0.6 is 0 Å². The van der Waals surface area contributed by atoms with Gasteiger partial charge in [0.25, 0.3) is 5.91 Å². The second-order valence-corrected chi connectivity index (χ2v) is 8.98. The third kappa shape index (κ3) is 5.60. The lowest BCUT2D eigenvalue weighted by molar-refractivity contribution is 0.0937. The van der Waals surface area contributed by atoms with Gasteiger partial charge in [0.1, 0.15) is 0 Å². The number of rotatable bonds is 8. The summed E-state index contributed by atoms with van der Waals surface area (Å²) in [5, 5.41) is 2.95. The molecule has 0 aliphatic heterocycles. The summed E-state index contributed by atoms with van der Waals surface area (Å²) in [5.41, 5.74) is 0.470. The zero-order valence-electron chi connectivity index (χ0n) is 15.5. The van der Waals surface area contributed by atoms with Crippen LogP contribution in [-0.4, -0.2) is 37.8 Å². The third-order valence-corrected chi connectivity index (χ3v) is 6.12. The molecule has 0 aliphatic rings. The maximum absolute atomic E-state index is 12.4. The van der Waals surface area contributed by atoms with E-state index in [1.54, 1.807) is 19.2 Å². The third-order valence-electron chi connectivity index (χ3n) is 4.08. The molecule has 1 aromatic carbocycles. The summed E-state index contributed by atoms with van der Waals surface area (Å²) in [7, 11) is -1.97. The standard InChI is InChI=1S/C18H30N2O3S/c1-13(2)7-8-15(5)19-18(21)16-9-11-17(12-10-16)24(22,23)20(6)14(3)4/h9-15H,7-8H2,1-6H3,(H,19,21). The number of sulfonamides is 1. The molecule has 1 N–H and O–H groups in total. The van der Waals surface area contributed by atoms with Gasteiger partial charge < -0.3 is 5.32 Å². The summed E-state index contributed by atoms with van der Waals surface area (Å²) < 4.78 is 26.1. The van der Waals surface area contributed by atoms with E-state index in [1.807, 2.05) is 20.8 Å². The van der Waals surface area contributed by atoms with Gasteiger partial charge in [0.05, 0.1) is 4.90 Å². The van der Waals surface area contributed by atoms with Gasteiger partial charge in [-0.3, -0.25) is 4.79 Å². The molecule has 0 aliphatic carbocycles. The lowest BCUT2D eigenvalue weighted by Crippen LogP contribution is -2.33. The average Bonchev–Trinajstić information content (AvgIpc) is 2.52. The predicted octanol–water partition coefficient (Wildman–Crippen LogP) is 3.27. The molecule has 0 radical (unpaired) electrons. The van der Waals surface area contributed by atoms with Gasteiger partial charge in [-0.1, -0.05) is 13.8 Å². The van der Waals surface area contributed by atoms with Crippen LogP contribution < -0.4 is 5.32 Å². The first kappa shape index (κ1) is 20.6. The van der Waals surface area contributed by atoms with Crippen molar-refractivity contribution in [1.29, 1.82) is 0 Å². The maximum Gasteiger partial charge on any atom is 0.251 e. The van der Waals surface area contributed by atoms with Crippen LogP contribution in [0.15, 0.2) is 29.2 Å². The Morgan fingerprint density at radius 3 is 2.04 bits per heavy atom. The molecule has 0 fully saturated rings. The van der Waals surface area contributed by atoms with Crippen molar-refractivity contribution in [2.75, 3.05) is 7.05 Å². The van der Waals surface area contributed by atoms with E-state index in [9.17, 15) is 13.2 Å². The maximum atomic E-state index is 12.4. The van der Waals surface area contributed by atoms with Crippen LogP contribution in [0.25, 0.3) is 0 Å². The second kappa shape index (κ2) is 8.62. The number of benzene rings is 1. The smallest absolute Gasteiger partial charge is 0.251 e. The van der Waals surface area contributed by atoms with Crippen molar-refractivity contribution in [2.45, 2.75) is 64.4 Å². The molecule has 1 atom stereocenters. The number of carbonyl (C=O) groups excluding carboxylic acids is 1. The van der Waals surface area contributed by atoms with Gasteiger partial charge in [0.2, 0.25) is 10.0 Å². The summed E-state index contributed by atoms with van der Waals surface area (Å²) >= 11 is 0. The molecular weight excluding hydrogens is 324 g/mol. The Balaban J connectivity index is 2.79. The van der Waals surface area contributed by atoms with Crippen molar-refractivity contribution in [3.63, 3.8) is 0 Å². The van der Waals surface area contributed by atoms with Crippen LogP contribution in [0.3, 0.4) is 0 Å². The zero-order chi connectivity index (χ0) is 18.5. The molecule has 24 heavy (non-hydrogen) atoms. The first-order valence-electron chi connectivity index (χ1n) is 8.44. The Labute approximate surface area is 146 Å². The van der Waals surface area contributed by atoms with Crippen molar-refractivity contribution < 1.29 is 13.2 Å². The summed E-state index contributed by atoms with van der Waals surface area (Å²) in [6.45, 7) is 9.93. The monoisotopic (exact) mass is 354 g/mol. The highest BCUT2D eigenvalue weighted by atomic mass is 32.2. The molecule has 0 saturated heterocycles. The number of amides is 1. The summed E-state index contributed by atoms with van der Waals surface area (Å²) in [6, 6.07) is 6.07. The van der Waals surface area contributed by atoms with Crippen molar-refractivity contribution >= 4 is 15.9 Å². The lowest BCUT2D eigenvalue weighted by Gasteiger charge is -2.21. The van der Waals surface area contributed by atoms with Crippen molar-refractivity contribution in [3.05, 3.63) is 29.8 Å². The molecule has 0 bridgehead atoms. The van der Waals surface area contributed by atoms with E-state index in [0.29, 0.717) is 11.5 Å². The Bertz CT molecular complexity index is 637. The van der Waals surface area contributed by atoms with Crippen LogP contribution in [0.4, 0.5) is 0 Å². The first-order chi connectivity index (χ1) is 11.1. The van der Waals surface area contributed by atoms with E-state index in [1.165, 1.54) is 16.4 Å². The molecule has 1 rings (SSSR count). The quantitative estimate of drug-likeness (QED) is 0.779. The number of hydrogen-bond acceptors (Lipinski definition) is 3. The molecule has 1 aromatic rings. The van der Waals surface area contributed by atoms with E-state index in [4.69, 9.17) is 0 Å². The van der Waals surface area contributed by atoms with Crippen LogP contribution in [-0.2, 0) is 10.0 Å². The highest BCUT2D eigenvalue weighted by Gasteiger charge is 2.23. The molecule has 6 heteroatoms. The number of carbonyl (C=O) groups is 1. The summed E-state index contributed by atoms with van der Waals surface area (Å²) in [6.07, 6.45) is 1.98. The van der Waals surface area contributed by atoms with E-state index in [2.05, 4.69) is 19.2 Å². The Morgan fingerprint density at radius 1 is 1.04 bits per heavy atom. The average molecular weight is 355 g/mol. The van der Waals surface area contributed by atoms with Crippen LogP contribution in [0, 0.1) is 5.92 Å². The second-order valence-electron chi connectivity index (χ2n) is 6.99. The summed E-state index contributed by atoms with van der Waals surface area (Å²) in [4.78, 5) is 12.4. The van der Waals surface area contributed by atoms with Gasteiger partial charge in [-0.25, -0.2) is 8.42 Å². The fourth-order valence-electron chi connectivity index (χ4n) is 2.18. The molecule has 0 heterocycles. The van der Waals surface area contributed by atoms with Gasteiger partial charge in [0, 0.05) is 24.7 Å². The molecule has 0 spiro atoms. The predicted molar refractivity (Wildman–Crippen MR) is 97.5 cm³/mol. The van der Waals surface area contributed by atoms with Crippen LogP contribution in [0.5, 0.6) is 0 Å². The molecule has 1 unspecified atom stereocenters. The minimum Gasteiger partial charge on any atom is -0.350 e. The van der Waals surface area contributed by atoms with Gasteiger partial charge in [0.15, 0.2) is 0 Å². The molecule has 1 amide bonds. The van der Waals surface area contributed by atoms with Crippen molar-refractivity contribution in [1.82, 2.24) is 9.62 Å². The Hall–Kier alpha value is -1.40. The molecule has 0 aromatic heterocycles. The zero-order valence-corrected chi connectivity index (χ0v) is 16.4. The molecule has 0 saturated carbocycles. The minimum atomic E-state index is -3.52. The van der Waals surface area contributed by atoms with Crippen LogP contribution in [0.2, 0.25) is 0 Å². The van der Waals surface area contributed by atoms with Gasteiger partial charge in [-0.15, -0.1) is 0 Å². The Morgan fingerprint density at radius 2 is 1.58 bits per heavy atom. The van der Waals surface area contributed by atoms with Gasteiger partial charge in [-0.2, -0.15) is 4.31 Å². The van der Waals surface area contributed by atoms with Crippen LogP contribution in [0.1, 0.15) is 57.8 Å². The largest absolute Gasteiger partial charge is 0.350 e. The SMILES string of the molecule is CC(C)CCC(C)NC(=O)c1ccc(S(=O)(=O)N(C)C(C)C)cc1. The van der Waals surface area contributed by atoms with E-state index in [0.717, 1.165) is 12.8 Å². The first-order valence-corrected chi connectivity index (χ1v) is 9.88. The normalized spacial score (nSPS) is 13.5. The number of nitrogens with one attached hydrogen (secondary N) is 1. The summed E-state index contributed by atoms with van der Waals surface area (Å²) in [5.74, 6) is 0.430. The van der Waals surface area contributed by atoms with Gasteiger partial charge in [-0.05, 0) is 63.8 Å². The molecule has 136 valence electrons.